The smallest absolute Gasteiger partial charge is 0.185 e. The van der Waals surface area contributed by atoms with E-state index in [1.807, 2.05) is 0 Å². The molecule has 1 heterocycles. The molecule has 0 radical (unpaired) electrons. The first kappa shape index (κ1) is 16.0. The van der Waals surface area contributed by atoms with E-state index in [1.165, 1.54) is 5.56 Å². The minimum absolute atomic E-state index is 0.674. The number of aromatic nitrogens is 1. The summed E-state index contributed by atoms with van der Waals surface area (Å²) in [6.45, 7) is 10.4. The lowest BCUT2D eigenvalue weighted by atomic mass is 10.2. The van der Waals surface area contributed by atoms with Crippen LogP contribution in [0.15, 0.2) is 35.7 Å². The van der Waals surface area contributed by atoms with Crippen molar-refractivity contribution < 1.29 is 0 Å². The molecule has 1 aromatic heterocycles. The van der Waals surface area contributed by atoms with Gasteiger partial charge in [-0.25, -0.2) is 4.98 Å². The Kier molecular flexibility index (Phi) is 6.21. The lowest BCUT2D eigenvalue weighted by Crippen LogP contribution is -2.22. The average molecular weight is 303 g/mol. The summed E-state index contributed by atoms with van der Waals surface area (Å²) >= 11 is 1.74. The summed E-state index contributed by atoms with van der Waals surface area (Å²) in [5.41, 5.74) is 2.47. The Hall–Kier alpha value is -1.39. The third-order valence-electron chi connectivity index (χ3n) is 3.27. The van der Waals surface area contributed by atoms with E-state index >= 15 is 0 Å². The van der Waals surface area contributed by atoms with Crippen molar-refractivity contribution in [3.8, 4) is 0 Å². The lowest BCUT2D eigenvalue weighted by Gasteiger charge is -2.19. The van der Waals surface area contributed by atoms with Gasteiger partial charge in [-0.15, -0.1) is 11.3 Å². The van der Waals surface area contributed by atoms with Crippen molar-refractivity contribution in [2.45, 2.75) is 33.9 Å². The van der Waals surface area contributed by atoms with Crippen LogP contribution >= 0.6 is 11.3 Å². The SMILES string of the molecule is CCN(Cc1ccccc1)c1nc(CNCC(C)C)cs1. The van der Waals surface area contributed by atoms with Gasteiger partial charge in [0.25, 0.3) is 0 Å². The van der Waals surface area contributed by atoms with Crippen LogP contribution in [-0.4, -0.2) is 18.1 Å². The van der Waals surface area contributed by atoms with Gasteiger partial charge in [-0.2, -0.15) is 0 Å². The van der Waals surface area contributed by atoms with Crippen LogP contribution in [-0.2, 0) is 13.1 Å². The zero-order valence-corrected chi connectivity index (χ0v) is 14.0. The van der Waals surface area contributed by atoms with Crippen LogP contribution in [0.4, 0.5) is 5.13 Å². The van der Waals surface area contributed by atoms with Crippen LogP contribution in [0.3, 0.4) is 0 Å². The molecule has 0 spiro atoms. The van der Waals surface area contributed by atoms with E-state index in [2.05, 4.69) is 66.7 Å². The maximum atomic E-state index is 4.76. The van der Waals surface area contributed by atoms with Gasteiger partial charge >= 0.3 is 0 Å². The van der Waals surface area contributed by atoms with Gasteiger partial charge in [-0.1, -0.05) is 44.2 Å². The molecule has 3 nitrogen and oxygen atoms in total. The first-order chi connectivity index (χ1) is 10.2. The zero-order valence-electron chi connectivity index (χ0n) is 13.2. The van der Waals surface area contributed by atoms with Crippen molar-refractivity contribution in [1.29, 1.82) is 0 Å². The molecule has 0 atom stereocenters. The monoisotopic (exact) mass is 303 g/mol. The number of nitrogens with zero attached hydrogens (tertiary/aromatic N) is 2. The number of thiazole rings is 1. The van der Waals surface area contributed by atoms with Gasteiger partial charge in [0.05, 0.1) is 5.69 Å². The number of anilines is 1. The van der Waals surface area contributed by atoms with Crippen molar-refractivity contribution in [2.75, 3.05) is 18.0 Å². The molecule has 0 aliphatic carbocycles. The van der Waals surface area contributed by atoms with Gasteiger partial charge < -0.3 is 10.2 Å². The highest BCUT2D eigenvalue weighted by atomic mass is 32.1. The van der Waals surface area contributed by atoms with E-state index in [4.69, 9.17) is 4.98 Å². The Morgan fingerprint density at radius 3 is 2.67 bits per heavy atom. The van der Waals surface area contributed by atoms with Gasteiger partial charge in [0.15, 0.2) is 5.13 Å². The molecular weight excluding hydrogens is 278 g/mol. The van der Waals surface area contributed by atoms with Crippen molar-refractivity contribution in [3.63, 3.8) is 0 Å². The highest BCUT2D eigenvalue weighted by molar-refractivity contribution is 7.13. The fourth-order valence-corrected chi connectivity index (χ4v) is 3.02. The van der Waals surface area contributed by atoms with E-state index in [-0.39, 0.29) is 0 Å². The number of rotatable bonds is 8. The standard InChI is InChI=1S/C17H25N3S/c1-4-20(12-15-8-6-5-7-9-15)17-19-16(13-21-17)11-18-10-14(2)3/h5-9,13-14,18H,4,10-12H2,1-3H3. The topological polar surface area (TPSA) is 28.2 Å². The second kappa shape index (κ2) is 8.15. The maximum absolute atomic E-state index is 4.76. The highest BCUT2D eigenvalue weighted by Crippen LogP contribution is 2.22. The molecular formula is C17H25N3S. The van der Waals surface area contributed by atoms with Gasteiger partial charge in [-0.3, -0.25) is 0 Å². The molecule has 2 rings (SSSR count). The van der Waals surface area contributed by atoms with Crippen molar-refractivity contribution >= 4 is 16.5 Å². The average Bonchev–Trinajstić information content (AvgIpc) is 2.94. The second-order valence-electron chi connectivity index (χ2n) is 5.65. The summed E-state index contributed by atoms with van der Waals surface area (Å²) in [7, 11) is 0. The molecule has 21 heavy (non-hydrogen) atoms. The van der Waals surface area contributed by atoms with E-state index in [0.717, 1.165) is 37.0 Å². The predicted molar refractivity (Wildman–Crippen MR) is 91.8 cm³/mol. The van der Waals surface area contributed by atoms with E-state index < -0.39 is 0 Å². The van der Waals surface area contributed by atoms with Crippen molar-refractivity contribution in [3.05, 3.63) is 47.0 Å². The maximum Gasteiger partial charge on any atom is 0.185 e. The quantitative estimate of drug-likeness (QED) is 0.801. The van der Waals surface area contributed by atoms with Crippen LogP contribution in [0.5, 0.6) is 0 Å². The summed E-state index contributed by atoms with van der Waals surface area (Å²) in [5, 5.41) is 6.72. The molecule has 0 unspecified atom stereocenters. The van der Waals surface area contributed by atoms with Gasteiger partial charge in [-0.05, 0) is 24.9 Å². The Balaban J connectivity index is 1.94. The number of benzene rings is 1. The van der Waals surface area contributed by atoms with Gasteiger partial charge in [0, 0.05) is 25.0 Å². The third-order valence-corrected chi connectivity index (χ3v) is 4.22. The third kappa shape index (κ3) is 5.14. The summed E-state index contributed by atoms with van der Waals surface area (Å²) in [6.07, 6.45) is 0. The highest BCUT2D eigenvalue weighted by Gasteiger charge is 2.10. The van der Waals surface area contributed by atoms with Gasteiger partial charge in [0.1, 0.15) is 0 Å². The van der Waals surface area contributed by atoms with E-state index in [9.17, 15) is 0 Å². The Bertz CT molecular complexity index is 522. The van der Waals surface area contributed by atoms with Crippen molar-refractivity contribution in [1.82, 2.24) is 10.3 Å². The Labute approximate surface area is 132 Å². The fraction of sp³-hybridized carbons (Fsp3) is 0.471. The lowest BCUT2D eigenvalue weighted by molar-refractivity contribution is 0.549. The number of hydrogen-bond acceptors (Lipinski definition) is 4. The molecule has 1 N–H and O–H groups in total. The molecule has 2 aromatic rings. The Morgan fingerprint density at radius 1 is 1.24 bits per heavy atom. The molecule has 4 heteroatoms. The minimum Gasteiger partial charge on any atom is -0.344 e. The summed E-state index contributed by atoms with van der Waals surface area (Å²) < 4.78 is 0. The molecule has 1 aromatic carbocycles. The molecule has 0 amide bonds. The summed E-state index contributed by atoms with van der Waals surface area (Å²) in [6, 6.07) is 10.6. The second-order valence-corrected chi connectivity index (χ2v) is 6.48. The molecule has 0 aliphatic rings. The summed E-state index contributed by atoms with van der Waals surface area (Å²) in [4.78, 5) is 7.08. The van der Waals surface area contributed by atoms with E-state index in [0.29, 0.717) is 5.92 Å². The number of hydrogen-bond donors (Lipinski definition) is 1. The largest absolute Gasteiger partial charge is 0.344 e. The van der Waals surface area contributed by atoms with Gasteiger partial charge in [0.2, 0.25) is 0 Å². The van der Waals surface area contributed by atoms with Crippen LogP contribution in [0, 0.1) is 5.92 Å². The first-order valence-corrected chi connectivity index (χ1v) is 8.51. The van der Waals surface area contributed by atoms with Crippen molar-refractivity contribution in [2.24, 2.45) is 5.92 Å². The Morgan fingerprint density at radius 2 is 2.00 bits per heavy atom. The number of nitrogens with one attached hydrogen (secondary N) is 1. The van der Waals surface area contributed by atoms with Crippen LogP contribution in [0.25, 0.3) is 0 Å². The molecule has 0 aliphatic heterocycles. The molecule has 0 saturated heterocycles. The predicted octanol–water partition coefficient (Wildman–Crippen LogP) is 3.92. The fourth-order valence-electron chi connectivity index (χ4n) is 2.13. The van der Waals surface area contributed by atoms with Crippen LogP contribution in [0.2, 0.25) is 0 Å². The first-order valence-electron chi connectivity index (χ1n) is 7.63. The van der Waals surface area contributed by atoms with Crippen LogP contribution < -0.4 is 10.2 Å². The molecule has 0 bridgehead atoms. The molecule has 0 fully saturated rings. The van der Waals surface area contributed by atoms with Crippen LogP contribution in [0.1, 0.15) is 32.0 Å². The molecule has 0 saturated carbocycles. The van der Waals surface area contributed by atoms with E-state index in [1.54, 1.807) is 11.3 Å². The normalized spacial score (nSPS) is 11.0. The zero-order chi connectivity index (χ0) is 15.1. The minimum atomic E-state index is 0.674. The summed E-state index contributed by atoms with van der Waals surface area (Å²) in [5.74, 6) is 0.674. The molecule has 114 valence electrons.